The third-order valence-corrected chi connectivity index (χ3v) is 3.00. The van der Waals surface area contributed by atoms with Crippen LogP contribution in [0.3, 0.4) is 0 Å². The van der Waals surface area contributed by atoms with Crippen LogP contribution in [-0.4, -0.2) is 40.5 Å². The Morgan fingerprint density at radius 3 is 2.53 bits per heavy atom. The number of nitrogens with zero attached hydrogens (tertiary/aromatic N) is 1. The quantitative estimate of drug-likeness (QED) is 0.433. The fourth-order valence-corrected chi connectivity index (χ4v) is 2.05. The molecule has 2 atom stereocenters. The van der Waals surface area contributed by atoms with Crippen LogP contribution < -0.4 is 11.5 Å². The maximum absolute atomic E-state index is 10.4. The summed E-state index contributed by atoms with van der Waals surface area (Å²) in [5.41, 5.74) is 10.8. The first-order chi connectivity index (χ1) is 6.97. The van der Waals surface area contributed by atoms with Gasteiger partial charge in [0.2, 0.25) is 0 Å². The molecule has 0 saturated carbocycles. The van der Waals surface area contributed by atoms with Gasteiger partial charge in [-0.15, -0.1) is 0 Å². The molecule has 0 amide bonds. The number of hydrogen-bond acceptors (Lipinski definition) is 4. The molecule has 0 aromatic carbocycles. The molecule has 0 aliphatic carbocycles. The molecule has 88 valence electrons. The van der Waals surface area contributed by atoms with Crippen LogP contribution in [0.4, 0.5) is 0 Å². The summed E-state index contributed by atoms with van der Waals surface area (Å²) in [7, 11) is 0. The predicted molar refractivity (Wildman–Crippen MR) is 64.3 cm³/mol. The van der Waals surface area contributed by atoms with Crippen LogP contribution >= 0.6 is 11.8 Å². The smallest absolute Gasteiger partial charge is 0.321 e. The lowest BCUT2D eigenvalue weighted by atomic mass is 10.3. The zero-order valence-corrected chi connectivity index (χ0v) is 9.96. The lowest BCUT2D eigenvalue weighted by molar-refractivity contribution is -0.137. The van der Waals surface area contributed by atoms with Crippen molar-refractivity contribution in [1.29, 1.82) is 0 Å². The molecule has 0 aliphatic heterocycles. The molecule has 0 spiro atoms. The van der Waals surface area contributed by atoms with Gasteiger partial charge in [0.25, 0.3) is 0 Å². The summed E-state index contributed by atoms with van der Waals surface area (Å²) in [5.74, 6) is 0.760. The monoisotopic (exact) mass is 233 g/mol. The van der Waals surface area contributed by atoms with Crippen molar-refractivity contribution >= 4 is 23.6 Å². The van der Waals surface area contributed by atoms with Gasteiger partial charge in [0, 0.05) is 11.5 Å². The number of carboxylic acid groups (broad SMARTS) is 1. The highest BCUT2D eigenvalue weighted by Gasteiger charge is 2.12. The van der Waals surface area contributed by atoms with Gasteiger partial charge in [0.1, 0.15) is 6.04 Å². The normalized spacial score (nSPS) is 16.1. The van der Waals surface area contributed by atoms with Crippen molar-refractivity contribution in [3.8, 4) is 0 Å². The third kappa shape index (κ3) is 7.21. The van der Waals surface area contributed by atoms with Gasteiger partial charge in [-0.25, -0.2) is 0 Å². The molecule has 0 aromatic rings. The van der Waals surface area contributed by atoms with Crippen molar-refractivity contribution in [3.05, 3.63) is 0 Å². The number of thioether (sulfide) groups is 1. The summed E-state index contributed by atoms with van der Waals surface area (Å²) >= 11 is 1.50. The van der Waals surface area contributed by atoms with Gasteiger partial charge in [-0.3, -0.25) is 9.79 Å². The Morgan fingerprint density at radius 2 is 2.13 bits per heavy atom. The Balaban J connectivity index is 3.82. The van der Waals surface area contributed by atoms with Crippen molar-refractivity contribution in [2.45, 2.75) is 32.4 Å². The van der Waals surface area contributed by atoms with E-state index in [1.54, 1.807) is 6.92 Å². The van der Waals surface area contributed by atoms with E-state index in [0.717, 1.165) is 12.2 Å². The van der Waals surface area contributed by atoms with Crippen molar-refractivity contribution < 1.29 is 9.90 Å². The molecular formula is C9H19N3O2S. The molecule has 0 rings (SSSR count). The molecule has 0 aliphatic rings. The number of aliphatic carboxylic acids is 1. The van der Waals surface area contributed by atoms with Gasteiger partial charge < -0.3 is 16.6 Å². The zero-order chi connectivity index (χ0) is 11.8. The molecule has 0 aromatic heterocycles. The Hall–Kier alpha value is -0.750. The van der Waals surface area contributed by atoms with Crippen molar-refractivity contribution in [3.63, 3.8) is 0 Å². The van der Waals surface area contributed by atoms with Crippen molar-refractivity contribution in [1.82, 2.24) is 0 Å². The first kappa shape index (κ1) is 14.2. The molecule has 0 radical (unpaired) electrons. The van der Waals surface area contributed by atoms with Crippen LogP contribution in [0.15, 0.2) is 4.99 Å². The number of carboxylic acids is 1. The number of aliphatic imine (C=N–C) groups is 1. The fraction of sp³-hybridized carbons (Fsp3) is 0.778. The molecule has 0 bridgehead atoms. The van der Waals surface area contributed by atoms with Gasteiger partial charge in [0.15, 0.2) is 0 Å². The average Bonchev–Trinajstić information content (AvgIpc) is 2.15. The summed E-state index contributed by atoms with van der Waals surface area (Å²) in [6.07, 6.45) is 0.893. The van der Waals surface area contributed by atoms with Crippen molar-refractivity contribution in [2.75, 3.05) is 11.5 Å². The van der Waals surface area contributed by atoms with Gasteiger partial charge in [0.05, 0.1) is 11.9 Å². The third-order valence-electron chi connectivity index (χ3n) is 1.78. The molecule has 0 fully saturated rings. The average molecular weight is 233 g/mol. The second-order valence-corrected chi connectivity index (χ2v) is 4.39. The molecule has 0 saturated heterocycles. The van der Waals surface area contributed by atoms with E-state index in [4.69, 9.17) is 16.6 Å². The van der Waals surface area contributed by atoms with E-state index in [1.165, 1.54) is 11.8 Å². The van der Waals surface area contributed by atoms with Gasteiger partial charge in [-0.1, -0.05) is 6.92 Å². The summed E-state index contributed by atoms with van der Waals surface area (Å²) in [4.78, 5) is 14.7. The van der Waals surface area contributed by atoms with E-state index < -0.39 is 12.0 Å². The summed E-state index contributed by atoms with van der Waals surface area (Å²) in [6.45, 7) is 3.77. The van der Waals surface area contributed by atoms with Gasteiger partial charge in [-0.05, 0) is 13.3 Å². The highest BCUT2D eigenvalue weighted by Crippen LogP contribution is 2.09. The first-order valence-corrected chi connectivity index (χ1v) is 5.98. The number of amidine groups is 1. The molecule has 15 heavy (non-hydrogen) atoms. The number of rotatable bonds is 7. The molecular weight excluding hydrogens is 214 g/mol. The van der Waals surface area contributed by atoms with E-state index in [0.29, 0.717) is 11.6 Å². The Kier molecular flexibility index (Phi) is 7.15. The van der Waals surface area contributed by atoms with Crippen LogP contribution in [0.1, 0.15) is 20.3 Å². The standard InChI is InChI=1S/C9H19N3O2S/c1-3-7(12-6(2)10)4-15-5-8(11)9(13)14/h7-8H,3-5,11H2,1-2H3,(H2,10,12)(H,13,14)/t7-,8-/m1/s1. The Morgan fingerprint density at radius 1 is 1.53 bits per heavy atom. The molecule has 5 N–H and O–H groups in total. The SMILES string of the molecule is CC[C@H](CSC[C@@H](N)C(=O)O)N=C(C)N. The zero-order valence-electron chi connectivity index (χ0n) is 9.14. The van der Waals surface area contributed by atoms with Crippen LogP contribution in [0, 0.1) is 0 Å². The largest absolute Gasteiger partial charge is 0.480 e. The highest BCUT2D eigenvalue weighted by molar-refractivity contribution is 7.99. The van der Waals surface area contributed by atoms with Crippen LogP contribution in [0.25, 0.3) is 0 Å². The summed E-state index contributed by atoms with van der Waals surface area (Å²) < 4.78 is 0. The van der Waals surface area contributed by atoms with Crippen molar-refractivity contribution in [2.24, 2.45) is 16.5 Å². The minimum absolute atomic E-state index is 0.154. The Labute approximate surface area is 94.3 Å². The maximum Gasteiger partial charge on any atom is 0.321 e. The van der Waals surface area contributed by atoms with Crippen LogP contribution in [-0.2, 0) is 4.79 Å². The summed E-state index contributed by atoms with van der Waals surface area (Å²) in [6, 6.07) is -0.642. The lowest BCUT2D eigenvalue weighted by Crippen LogP contribution is -2.33. The number of nitrogens with two attached hydrogens (primary N) is 2. The van der Waals surface area contributed by atoms with Crippen LogP contribution in [0.5, 0.6) is 0 Å². The molecule has 0 unspecified atom stereocenters. The molecule has 5 nitrogen and oxygen atoms in total. The van der Waals surface area contributed by atoms with Gasteiger partial charge in [-0.2, -0.15) is 11.8 Å². The molecule has 6 heteroatoms. The summed E-state index contributed by atoms with van der Waals surface area (Å²) in [5, 5.41) is 8.56. The van der Waals surface area contributed by atoms with E-state index in [9.17, 15) is 4.79 Å². The Bertz CT molecular complexity index is 229. The topological polar surface area (TPSA) is 102 Å². The minimum Gasteiger partial charge on any atom is -0.480 e. The highest BCUT2D eigenvalue weighted by atomic mass is 32.2. The number of carbonyl (C=O) groups is 1. The van der Waals surface area contributed by atoms with Crippen LogP contribution in [0.2, 0.25) is 0 Å². The molecule has 0 heterocycles. The second-order valence-electron chi connectivity index (χ2n) is 3.31. The second kappa shape index (κ2) is 7.53. The van der Waals surface area contributed by atoms with Gasteiger partial charge >= 0.3 is 5.97 Å². The first-order valence-electron chi connectivity index (χ1n) is 4.83. The lowest BCUT2D eigenvalue weighted by Gasteiger charge is -2.11. The van der Waals surface area contributed by atoms with E-state index >= 15 is 0 Å². The maximum atomic E-state index is 10.4. The van der Waals surface area contributed by atoms with E-state index in [2.05, 4.69) is 4.99 Å². The number of hydrogen-bond donors (Lipinski definition) is 3. The minimum atomic E-state index is -0.964. The van der Waals surface area contributed by atoms with E-state index in [-0.39, 0.29) is 6.04 Å². The van der Waals surface area contributed by atoms with E-state index in [1.807, 2.05) is 6.92 Å². The predicted octanol–water partition coefficient (Wildman–Crippen LogP) is 0.287. The fourth-order valence-electron chi connectivity index (χ4n) is 0.937.